The van der Waals surface area contributed by atoms with E-state index in [9.17, 15) is 17.6 Å². The lowest BCUT2D eigenvalue weighted by molar-refractivity contribution is -0.120. The zero-order valence-corrected chi connectivity index (χ0v) is 16.3. The number of hydrogen-bond donors (Lipinski definition) is 1. The summed E-state index contributed by atoms with van der Waals surface area (Å²) in [6.07, 6.45) is 1.59. The third-order valence-electron chi connectivity index (χ3n) is 4.15. The second-order valence-electron chi connectivity index (χ2n) is 5.99. The van der Waals surface area contributed by atoms with Gasteiger partial charge in [-0.3, -0.25) is 4.79 Å². The molecule has 0 spiro atoms. The molecule has 1 aliphatic heterocycles. The SMILES string of the molecule is O=C(Cc1c(F)cccc1Cl)NCc1ccc(S(=O)(=O)N2CCCC2)s1. The van der Waals surface area contributed by atoms with Crippen molar-refractivity contribution in [2.75, 3.05) is 13.1 Å². The van der Waals surface area contributed by atoms with Crippen molar-refractivity contribution in [1.29, 1.82) is 0 Å². The summed E-state index contributed by atoms with van der Waals surface area (Å²) < 4.78 is 40.5. The van der Waals surface area contributed by atoms with E-state index < -0.39 is 15.8 Å². The lowest BCUT2D eigenvalue weighted by atomic mass is 10.1. The van der Waals surface area contributed by atoms with Crippen LogP contribution in [0.15, 0.2) is 34.5 Å². The lowest BCUT2D eigenvalue weighted by Crippen LogP contribution is -2.27. The number of benzene rings is 1. The highest BCUT2D eigenvalue weighted by Crippen LogP contribution is 2.27. The Labute approximate surface area is 160 Å². The van der Waals surface area contributed by atoms with Gasteiger partial charge in [0, 0.05) is 28.6 Å². The summed E-state index contributed by atoms with van der Waals surface area (Å²) in [4.78, 5) is 12.8. The highest BCUT2D eigenvalue weighted by molar-refractivity contribution is 7.91. The Balaban J connectivity index is 1.60. The van der Waals surface area contributed by atoms with Crippen LogP contribution in [0.1, 0.15) is 23.3 Å². The fraction of sp³-hybridized carbons (Fsp3) is 0.353. The van der Waals surface area contributed by atoms with E-state index in [0.29, 0.717) is 13.1 Å². The van der Waals surface area contributed by atoms with Crippen LogP contribution in [0.25, 0.3) is 0 Å². The van der Waals surface area contributed by atoms with Crippen molar-refractivity contribution in [3.05, 3.63) is 51.6 Å². The first-order valence-corrected chi connectivity index (χ1v) is 10.8. The van der Waals surface area contributed by atoms with Crippen molar-refractivity contribution in [2.24, 2.45) is 0 Å². The van der Waals surface area contributed by atoms with Gasteiger partial charge < -0.3 is 5.32 Å². The minimum atomic E-state index is -3.44. The maximum Gasteiger partial charge on any atom is 0.252 e. The number of nitrogens with one attached hydrogen (secondary N) is 1. The maximum absolute atomic E-state index is 13.7. The van der Waals surface area contributed by atoms with Gasteiger partial charge in [-0.1, -0.05) is 17.7 Å². The van der Waals surface area contributed by atoms with Crippen LogP contribution in [0, 0.1) is 5.82 Å². The summed E-state index contributed by atoms with van der Waals surface area (Å²) in [7, 11) is -3.44. The van der Waals surface area contributed by atoms with Crippen LogP contribution in [-0.4, -0.2) is 31.7 Å². The summed E-state index contributed by atoms with van der Waals surface area (Å²) in [5, 5.41) is 2.88. The van der Waals surface area contributed by atoms with Crippen LogP contribution in [0.4, 0.5) is 4.39 Å². The number of nitrogens with zero attached hydrogens (tertiary/aromatic N) is 1. The first-order valence-electron chi connectivity index (χ1n) is 8.16. The molecule has 5 nitrogen and oxygen atoms in total. The van der Waals surface area contributed by atoms with Gasteiger partial charge in [-0.05, 0) is 37.1 Å². The molecule has 2 aromatic rings. The number of amides is 1. The van der Waals surface area contributed by atoms with Crippen molar-refractivity contribution in [3.63, 3.8) is 0 Å². The molecule has 0 unspecified atom stereocenters. The van der Waals surface area contributed by atoms with E-state index in [1.165, 1.54) is 22.5 Å². The molecule has 1 aliphatic rings. The summed E-state index contributed by atoms with van der Waals surface area (Å²) in [5.41, 5.74) is 0.148. The van der Waals surface area contributed by atoms with Gasteiger partial charge in [-0.25, -0.2) is 12.8 Å². The predicted molar refractivity (Wildman–Crippen MR) is 99.3 cm³/mol. The average Bonchev–Trinajstić information content (AvgIpc) is 3.28. The summed E-state index contributed by atoms with van der Waals surface area (Å²) >= 11 is 7.05. The Morgan fingerprint density at radius 3 is 2.65 bits per heavy atom. The Hall–Kier alpha value is -1.48. The Morgan fingerprint density at radius 2 is 1.96 bits per heavy atom. The van der Waals surface area contributed by atoms with Gasteiger partial charge in [-0.15, -0.1) is 11.3 Å². The molecule has 1 amide bonds. The van der Waals surface area contributed by atoms with Gasteiger partial charge in [0.15, 0.2) is 0 Å². The second kappa shape index (κ2) is 8.04. The average molecular weight is 417 g/mol. The van der Waals surface area contributed by atoms with Gasteiger partial charge in [0.05, 0.1) is 13.0 Å². The molecule has 0 radical (unpaired) electrons. The van der Waals surface area contributed by atoms with Gasteiger partial charge in [-0.2, -0.15) is 4.31 Å². The molecule has 1 fully saturated rings. The fourth-order valence-electron chi connectivity index (χ4n) is 2.76. The number of carbonyl (C=O) groups excluding carboxylic acids is 1. The molecule has 1 aromatic heterocycles. The number of thiophene rings is 1. The molecular formula is C17H18ClFN2O3S2. The molecule has 0 aliphatic carbocycles. The van der Waals surface area contributed by atoms with Crippen LogP contribution in [-0.2, 0) is 27.8 Å². The van der Waals surface area contributed by atoms with Crippen LogP contribution in [0.3, 0.4) is 0 Å². The van der Waals surface area contributed by atoms with Crippen molar-refractivity contribution in [2.45, 2.75) is 30.0 Å². The standard InChI is InChI=1S/C17H18ClFN2O3S2/c18-14-4-3-5-15(19)13(14)10-16(22)20-11-12-6-7-17(25-12)26(23,24)21-8-1-2-9-21/h3-7H,1-2,8-11H2,(H,20,22). The summed E-state index contributed by atoms with van der Waals surface area (Å²) in [5.74, 6) is -0.905. The largest absolute Gasteiger partial charge is 0.351 e. The third kappa shape index (κ3) is 4.25. The van der Waals surface area contributed by atoms with Crippen molar-refractivity contribution < 1.29 is 17.6 Å². The molecule has 1 N–H and O–H groups in total. The Morgan fingerprint density at radius 1 is 1.23 bits per heavy atom. The predicted octanol–water partition coefficient (Wildman–Crippen LogP) is 3.18. The smallest absolute Gasteiger partial charge is 0.252 e. The first kappa shape index (κ1) is 19.3. The number of hydrogen-bond acceptors (Lipinski definition) is 4. The molecule has 0 bridgehead atoms. The zero-order valence-electron chi connectivity index (χ0n) is 13.9. The molecule has 2 heterocycles. The van der Waals surface area contributed by atoms with Crippen LogP contribution >= 0.6 is 22.9 Å². The monoisotopic (exact) mass is 416 g/mol. The quantitative estimate of drug-likeness (QED) is 0.786. The van der Waals surface area contributed by atoms with E-state index in [0.717, 1.165) is 29.1 Å². The van der Waals surface area contributed by atoms with E-state index in [1.54, 1.807) is 12.1 Å². The highest BCUT2D eigenvalue weighted by atomic mass is 35.5. The minimum absolute atomic E-state index is 0.148. The van der Waals surface area contributed by atoms with Gasteiger partial charge in [0.2, 0.25) is 5.91 Å². The molecule has 140 valence electrons. The Bertz CT molecular complexity index is 888. The van der Waals surface area contributed by atoms with Crippen molar-refractivity contribution in [3.8, 4) is 0 Å². The van der Waals surface area contributed by atoms with Gasteiger partial charge in [0.25, 0.3) is 10.0 Å². The molecule has 3 rings (SSSR count). The minimum Gasteiger partial charge on any atom is -0.351 e. The van der Waals surface area contributed by atoms with Crippen LogP contribution < -0.4 is 5.32 Å². The Kier molecular flexibility index (Phi) is 5.96. The summed E-state index contributed by atoms with van der Waals surface area (Å²) in [6.45, 7) is 1.29. The fourth-order valence-corrected chi connectivity index (χ4v) is 5.95. The maximum atomic E-state index is 13.7. The van der Waals surface area contributed by atoms with E-state index >= 15 is 0 Å². The topological polar surface area (TPSA) is 66.5 Å². The molecule has 9 heteroatoms. The van der Waals surface area contributed by atoms with E-state index in [1.807, 2.05) is 0 Å². The highest BCUT2D eigenvalue weighted by Gasteiger charge is 2.28. The molecule has 26 heavy (non-hydrogen) atoms. The van der Waals surface area contributed by atoms with E-state index in [4.69, 9.17) is 11.6 Å². The van der Waals surface area contributed by atoms with Gasteiger partial charge in [0.1, 0.15) is 10.0 Å². The molecule has 1 saturated heterocycles. The number of rotatable bonds is 6. The zero-order chi connectivity index (χ0) is 18.7. The number of carbonyl (C=O) groups is 1. The third-order valence-corrected chi connectivity index (χ3v) is 7.96. The summed E-state index contributed by atoms with van der Waals surface area (Å²) in [6, 6.07) is 7.51. The number of halogens is 2. The van der Waals surface area contributed by atoms with Crippen molar-refractivity contribution in [1.82, 2.24) is 9.62 Å². The number of sulfonamides is 1. The lowest BCUT2D eigenvalue weighted by Gasteiger charge is -2.13. The van der Waals surface area contributed by atoms with Gasteiger partial charge >= 0.3 is 0 Å². The van der Waals surface area contributed by atoms with Crippen molar-refractivity contribution >= 4 is 38.9 Å². The molecule has 0 atom stereocenters. The molecule has 0 saturated carbocycles. The molecular weight excluding hydrogens is 399 g/mol. The first-order chi connectivity index (χ1) is 12.4. The molecule has 1 aromatic carbocycles. The van der Waals surface area contributed by atoms with Crippen LogP contribution in [0.2, 0.25) is 5.02 Å². The van der Waals surface area contributed by atoms with E-state index in [2.05, 4.69) is 5.32 Å². The second-order valence-corrected chi connectivity index (χ2v) is 9.73. The van der Waals surface area contributed by atoms with E-state index in [-0.39, 0.29) is 33.7 Å². The normalized spacial score (nSPS) is 15.3. The van der Waals surface area contributed by atoms with Crippen LogP contribution in [0.5, 0.6) is 0 Å².